The molecule has 1 amide bonds. The highest BCUT2D eigenvalue weighted by molar-refractivity contribution is 5.72. The molecule has 0 unspecified atom stereocenters. The van der Waals surface area contributed by atoms with Crippen LogP contribution < -0.4 is 5.73 Å². The molecule has 0 aliphatic carbocycles. The second kappa shape index (κ2) is 4.62. The van der Waals surface area contributed by atoms with Crippen LogP contribution in [0.15, 0.2) is 0 Å². The maximum Gasteiger partial charge on any atom is 0.238 e. The van der Waals surface area contributed by atoms with Crippen LogP contribution in [0.25, 0.3) is 0 Å². The van der Waals surface area contributed by atoms with Crippen molar-refractivity contribution in [2.45, 2.75) is 26.2 Å². The lowest BCUT2D eigenvalue weighted by Crippen LogP contribution is -1.95. The number of carbonyl (C=O) groups is 1. The molecule has 0 heterocycles. The molecule has 1 N–H and O–H groups in total. The fourth-order valence-electron chi connectivity index (χ4n) is 0.437. The number of amides is 1. The minimum absolute atomic E-state index is 0.383. The van der Waals surface area contributed by atoms with Gasteiger partial charge in [-0.15, -0.1) is 0 Å². The molecular formula is C6H11NO. The first-order chi connectivity index (χ1) is 3.77. The number of nitrogens with one attached hydrogen (secondary N) is 1. The minimum atomic E-state index is -0.463. The highest BCUT2D eigenvalue weighted by Crippen LogP contribution is 1.95. The predicted molar refractivity (Wildman–Crippen MR) is 31.9 cm³/mol. The molecule has 2 heteroatoms. The maximum atomic E-state index is 9.97. The van der Waals surface area contributed by atoms with Crippen LogP contribution in [-0.2, 0) is 4.79 Å². The van der Waals surface area contributed by atoms with Crippen molar-refractivity contribution in [2.24, 2.45) is 0 Å². The van der Waals surface area contributed by atoms with Crippen molar-refractivity contribution in [3.63, 3.8) is 0 Å². The van der Waals surface area contributed by atoms with E-state index in [1.54, 1.807) is 0 Å². The molecule has 2 radical (unpaired) electrons. The van der Waals surface area contributed by atoms with Crippen LogP contribution in [0.4, 0.5) is 0 Å². The normalized spacial score (nSPS) is 9.12. The first-order valence-electron chi connectivity index (χ1n) is 2.83. The van der Waals surface area contributed by atoms with Crippen LogP contribution in [-0.4, -0.2) is 5.91 Å². The molecule has 0 aromatic carbocycles. The zero-order valence-corrected chi connectivity index (χ0v) is 5.11. The lowest BCUT2D eigenvalue weighted by Gasteiger charge is -1.89. The molecule has 0 fully saturated rings. The summed E-state index contributed by atoms with van der Waals surface area (Å²) in [6.45, 7) is 2.02. The lowest BCUT2D eigenvalue weighted by atomic mass is 10.2. The predicted octanol–water partition coefficient (Wildman–Crippen LogP) is 1.19. The van der Waals surface area contributed by atoms with Crippen molar-refractivity contribution < 1.29 is 4.79 Å². The number of hydrogen-bond acceptors (Lipinski definition) is 1. The first kappa shape index (κ1) is 7.47. The van der Waals surface area contributed by atoms with Crippen LogP contribution in [0.2, 0.25) is 0 Å². The molecule has 0 spiro atoms. The Bertz CT molecular complexity index is 70.9. The fourth-order valence-corrected chi connectivity index (χ4v) is 0.437. The standard InChI is InChI=1S/C6H11NO/c1-2-3-4-5-6(7)8/h3,7H,2,4-5H2,1H3. The second-order valence-corrected chi connectivity index (χ2v) is 1.66. The quantitative estimate of drug-likeness (QED) is 0.505. The Labute approximate surface area is 50.1 Å². The van der Waals surface area contributed by atoms with Crippen molar-refractivity contribution >= 4 is 5.91 Å². The van der Waals surface area contributed by atoms with Gasteiger partial charge >= 0.3 is 0 Å². The average molecular weight is 113 g/mol. The Morgan fingerprint density at radius 1 is 1.75 bits per heavy atom. The minimum Gasteiger partial charge on any atom is -0.273 e. The topological polar surface area (TPSA) is 40.9 Å². The van der Waals surface area contributed by atoms with Crippen molar-refractivity contribution in [1.82, 2.24) is 5.73 Å². The maximum absolute atomic E-state index is 9.97. The van der Waals surface area contributed by atoms with Gasteiger partial charge in [0, 0.05) is 6.42 Å². The molecular weight excluding hydrogens is 102 g/mol. The summed E-state index contributed by atoms with van der Waals surface area (Å²) in [4.78, 5) is 9.97. The van der Waals surface area contributed by atoms with Gasteiger partial charge < -0.3 is 0 Å². The summed E-state index contributed by atoms with van der Waals surface area (Å²) in [5, 5.41) is 0. The molecule has 0 aliphatic rings. The van der Waals surface area contributed by atoms with E-state index in [2.05, 4.69) is 0 Å². The Hall–Kier alpha value is -0.530. The fraction of sp³-hybridized carbons (Fsp3) is 0.667. The van der Waals surface area contributed by atoms with E-state index < -0.39 is 5.91 Å². The molecule has 0 saturated heterocycles. The van der Waals surface area contributed by atoms with E-state index >= 15 is 0 Å². The van der Waals surface area contributed by atoms with Crippen LogP contribution in [0.5, 0.6) is 0 Å². The van der Waals surface area contributed by atoms with Crippen molar-refractivity contribution in [3.8, 4) is 0 Å². The van der Waals surface area contributed by atoms with Gasteiger partial charge in [0.15, 0.2) is 0 Å². The largest absolute Gasteiger partial charge is 0.273 e. The molecule has 2 nitrogen and oxygen atoms in total. The summed E-state index contributed by atoms with van der Waals surface area (Å²) in [7, 11) is 0. The number of hydrogen-bond donors (Lipinski definition) is 0. The van der Waals surface area contributed by atoms with Crippen LogP contribution in [0.1, 0.15) is 26.2 Å². The third-order valence-corrected chi connectivity index (χ3v) is 0.864. The Morgan fingerprint density at radius 3 is 2.75 bits per heavy atom. The van der Waals surface area contributed by atoms with Crippen molar-refractivity contribution in [2.75, 3.05) is 0 Å². The molecule has 8 heavy (non-hydrogen) atoms. The van der Waals surface area contributed by atoms with Gasteiger partial charge in [0.05, 0.1) is 0 Å². The molecule has 0 aromatic heterocycles. The summed E-state index contributed by atoms with van der Waals surface area (Å²) in [6.07, 6.45) is 4.15. The Balaban J connectivity index is 2.82. The van der Waals surface area contributed by atoms with Gasteiger partial charge in [0.2, 0.25) is 5.91 Å². The lowest BCUT2D eigenvalue weighted by molar-refractivity contribution is -0.118. The van der Waals surface area contributed by atoms with E-state index in [1.807, 2.05) is 13.3 Å². The van der Waals surface area contributed by atoms with Crippen LogP contribution in [0, 0.1) is 6.42 Å². The van der Waals surface area contributed by atoms with Gasteiger partial charge in [-0.1, -0.05) is 13.3 Å². The molecule has 0 aliphatic heterocycles. The van der Waals surface area contributed by atoms with E-state index in [9.17, 15) is 4.79 Å². The molecule has 0 aromatic rings. The second-order valence-electron chi connectivity index (χ2n) is 1.66. The van der Waals surface area contributed by atoms with E-state index in [0.29, 0.717) is 6.42 Å². The van der Waals surface area contributed by atoms with Gasteiger partial charge in [0.1, 0.15) is 0 Å². The van der Waals surface area contributed by atoms with Gasteiger partial charge in [0.25, 0.3) is 0 Å². The van der Waals surface area contributed by atoms with E-state index in [1.165, 1.54) is 0 Å². The van der Waals surface area contributed by atoms with Gasteiger partial charge in [-0.3, -0.25) is 10.5 Å². The summed E-state index contributed by atoms with van der Waals surface area (Å²) in [6, 6.07) is 0. The SMILES string of the molecule is CC[CH]CCC([NH])=O. The molecule has 0 bridgehead atoms. The van der Waals surface area contributed by atoms with Crippen molar-refractivity contribution in [1.29, 1.82) is 0 Å². The Kier molecular flexibility index (Phi) is 4.32. The number of carbonyl (C=O) groups excluding carboxylic acids is 1. The highest BCUT2D eigenvalue weighted by Gasteiger charge is 1.91. The van der Waals surface area contributed by atoms with E-state index in [4.69, 9.17) is 5.73 Å². The Morgan fingerprint density at radius 2 is 2.38 bits per heavy atom. The molecule has 0 atom stereocenters. The van der Waals surface area contributed by atoms with E-state index in [-0.39, 0.29) is 0 Å². The highest BCUT2D eigenvalue weighted by atomic mass is 16.1. The third kappa shape index (κ3) is 5.47. The van der Waals surface area contributed by atoms with Gasteiger partial charge in [-0.05, 0) is 12.8 Å². The summed E-state index contributed by atoms with van der Waals surface area (Å²) >= 11 is 0. The molecule has 46 valence electrons. The number of rotatable bonds is 4. The zero-order chi connectivity index (χ0) is 6.41. The first-order valence-corrected chi connectivity index (χ1v) is 2.83. The smallest absolute Gasteiger partial charge is 0.238 e. The monoisotopic (exact) mass is 113 g/mol. The summed E-state index contributed by atoms with van der Waals surface area (Å²) in [5.74, 6) is -0.463. The molecule has 0 rings (SSSR count). The summed E-state index contributed by atoms with van der Waals surface area (Å²) in [5.41, 5.74) is 6.50. The van der Waals surface area contributed by atoms with Crippen LogP contribution in [0.3, 0.4) is 0 Å². The van der Waals surface area contributed by atoms with E-state index in [0.717, 1.165) is 12.8 Å². The van der Waals surface area contributed by atoms with Crippen molar-refractivity contribution in [3.05, 3.63) is 6.42 Å². The number of unbranched alkanes of at least 4 members (excludes halogenated alkanes) is 2. The van der Waals surface area contributed by atoms with Crippen LogP contribution >= 0.6 is 0 Å². The summed E-state index contributed by atoms with van der Waals surface area (Å²) < 4.78 is 0. The van der Waals surface area contributed by atoms with Gasteiger partial charge in [-0.2, -0.15) is 0 Å². The third-order valence-electron chi connectivity index (χ3n) is 0.864. The zero-order valence-electron chi connectivity index (χ0n) is 5.11. The average Bonchev–Trinajstić information content (AvgIpc) is 1.66. The van der Waals surface area contributed by atoms with Gasteiger partial charge in [-0.25, -0.2) is 0 Å². The molecule has 0 saturated carbocycles.